The molecule has 0 atom stereocenters. The number of fused-ring (bicyclic) bond motifs is 2. The van der Waals surface area contributed by atoms with Crippen LogP contribution in [0.25, 0.3) is 21.8 Å². The highest BCUT2D eigenvalue weighted by Gasteiger charge is 2.17. The molecule has 2 aromatic carbocycles. The summed E-state index contributed by atoms with van der Waals surface area (Å²) in [7, 11) is 3.05. The van der Waals surface area contributed by atoms with E-state index in [-0.39, 0.29) is 18.7 Å². The lowest BCUT2D eigenvalue weighted by atomic mass is 10.0. The van der Waals surface area contributed by atoms with Crippen molar-refractivity contribution >= 4 is 33.6 Å². The van der Waals surface area contributed by atoms with Crippen LogP contribution in [0.2, 0.25) is 0 Å². The number of nitrogens with zero attached hydrogens (tertiary/aromatic N) is 2. The largest absolute Gasteiger partial charge is 0.496 e. The number of methoxy groups -OCH3 is 2. The van der Waals surface area contributed by atoms with Crippen molar-refractivity contribution in [1.82, 2.24) is 14.9 Å². The zero-order chi connectivity index (χ0) is 24.1. The van der Waals surface area contributed by atoms with Gasteiger partial charge in [-0.05, 0) is 36.4 Å². The van der Waals surface area contributed by atoms with E-state index in [1.54, 1.807) is 62.0 Å². The number of carbonyl (C=O) groups excluding carboxylic acids is 2. The minimum atomic E-state index is -0.631. The molecule has 0 aliphatic heterocycles. The molecule has 2 heterocycles. The van der Waals surface area contributed by atoms with Crippen LogP contribution >= 0.6 is 0 Å². The van der Waals surface area contributed by atoms with Gasteiger partial charge in [-0.2, -0.15) is 0 Å². The number of aromatic nitrogens is 2. The molecule has 0 spiro atoms. The molecule has 0 bridgehead atoms. The third-order valence-corrected chi connectivity index (χ3v) is 5.34. The van der Waals surface area contributed by atoms with Crippen LogP contribution in [-0.4, -0.2) is 55.4 Å². The number of ketones is 1. The normalized spacial score (nSPS) is 11.0. The molecule has 0 radical (unpaired) electrons. The molecule has 8 nitrogen and oxygen atoms in total. The number of hydrogen-bond donors (Lipinski definition) is 1. The van der Waals surface area contributed by atoms with Crippen molar-refractivity contribution < 1.29 is 28.2 Å². The number of amides is 1. The number of rotatable bonds is 9. The zero-order valence-corrected chi connectivity index (χ0v) is 18.8. The van der Waals surface area contributed by atoms with E-state index >= 15 is 0 Å². The highest BCUT2D eigenvalue weighted by molar-refractivity contribution is 6.03. The Bertz CT molecular complexity index is 1350. The van der Waals surface area contributed by atoms with Crippen molar-refractivity contribution in [1.29, 1.82) is 0 Å². The van der Waals surface area contributed by atoms with Crippen molar-refractivity contribution in [2.75, 3.05) is 34.0 Å². The lowest BCUT2D eigenvalue weighted by Gasteiger charge is -2.13. The third-order valence-electron chi connectivity index (χ3n) is 5.34. The van der Waals surface area contributed by atoms with Crippen LogP contribution in [0.15, 0.2) is 54.9 Å². The molecule has 0 aliphatic carbocycles. The van der Waals surface area contributed by atoms with Gasteiger partial charge in [0.15, 0.2) is 5.78 Å². The molecular formula is C25H24FN3O5. The minimum absolute atomic E-state index is 0.0461. The van der Waals surface area contributed by atoms with Crippen LogP contribution < -0.4 is 14.8 Å². The standard InChI is InChI=1S/C25H24FN3O5/c1-32-12-7-22(30)19-14-18-20(15-24(19)33-2)27-9-5-23(18)34-17-3-4-21-16(13-17)6-11-29(21)25(31)28-10-8-26/h3-6,9,11,13-15H,7-8,10,12H2,1-2H3,(H,28,31). The number of nitrogens with one attached hydrogen (secondary N) is 1. The molecule has 4 rings (SSSR count). The first kappa shape index (κ1) is 23.2. The number of hydrogen-bond acceptors (Lipinski definition) is 6. The smallest absolute Gasteiger partial charge is 0.326 e. The summed E-state index contributed by atoms with van der Waals surface area (Å²) in [5.74, 6) is 1.40. The van der Waals surface area contributed by atoms with E-state index in [0.29, 0.717) is 45.8 Å². The lowest BCUT2D eigenvalue weighted by molar-refractivity contribution is 0.0929. The fourth-order valence-corrected chi connectivity index (χ4v) is 3.68. The number of pyridine rings is 1. The number of benzene rings is 2. The Balaban J connectivity index is 1.67. The molecule has 1 amide bonds. The fourth-order valence-electron chi connectivity index (χ4n) is 3.68. The van der Waals surface area contributed by atoms with Gasteiger partial charge in [0.2, 0.25) is 0 Å². The van der Waals surface area contributed by atoms with Gasteiger partial charge in [-0.25, -0.2) is 9.18 Å². The van der Waals surface area contributed by atoms with Crippen LogP contribution in [0, 0.1) is 0 Å². The van der Waals surface area contributed by atoms with Gasteiger partial charge in [0, 0.05) is 49.3 Å². The van der Waals surface area contributed by atoms with E-state index in [1.807, 2.05) is 0 Å². The van der Waals surface area contributed by atoms with Gasteiger partial charge in [0.05, 0.1) is 30.3 Å². The van der Waals surface area contributed by atoms with Gasteiger partial charge in [0.25, 0.3) is 0 Å². The first-order valence-electron chi connectivity index (χ1n) is 10.7. The van der Waals surface area contributed by atoms with E-state index < -0.39 is 12.7 Å². The highest BCUT2D eigenvalue weighted by atomic mass is 19.1. The summed E-state index contributed by atoms with van der Waals surface area (Å²) in [6.07, 6.45) is 3.46. The molecule has 1 N–H and O–H groups in total. The average molecular weight is 465 g/mol. The van der Waals surface area contributed by atoms with Gasteiger partial charge in [-0.15, -0.1) is 0 Å². The molecule has 0 saturated carbocycles. The average Bonchev–Trinajstić information content (AvgIpc) is 3.28. The molecule has 0 saturated heterocycles. The SMILES string of the molecule is COCCC(=O)c1cc2c(Oc3ccc4c(ccn4C(=O)NCCF)c3)ccnc2cc1OC. The molecule has 4 aromatic rings. The van der Waals surface area contributed by atoms with Gasteiger partial charge in [-0.3, -0.25) is 14.3 Å². The monoisotopic (exact) mass is 465 g/mol. The van der Waals surface area contributed by atoms with Crippen LogP contribution in [-0.2, 0) is 4.74 Å². The topological polar surface area (TPSA) is 91.7 Å². The predicted molar refractivity (Wildman–Crippen MR) is 126 cm³/mol. The molecule has 9 heteroatoms. The molecular weight excluding hydrogens is 441 g/mol. The summed E-state index contributed by atoms with van der Waals surface area (Å²) < 4.78 is 30.4. The summed E-state index contributed by atoms with van der Waals surface area (Å²) in [4.78, 5) is 29.3. The van der Waals surface area contributed by atoms with E-state index in [9.17, 15) is 14.0 Å². The summed E-state index contributed by atoms with van der Waals surface area (Å²) in [5.41, 5.74) is 1.71. The minimum Gasteiger partial charge on any atom is -0.496 e. The van der Waals surface area contributed by atoms with Crippen molar-refractivity contribution in [2.45, 2.75) is 6.42 Å². The van der Waals surface area contributed by atoms with Gasteiger partial charge in [0.1, 0.15) is 23.9 Å². The number of alkyl halides is 1. The first-order valence-corrected chi connectivity index (χ1v) is 10.7. The van der Waals surface area contributed by atoms with Crippen molar-refractivity contribution in [3.05, 3.63) is 60.4 Å². The molecule has 0 unspecified atom stereocenters. The highest BCUT2D eigenvalue weighted by Crippen LogP contribution is 2.34. The van der Waals surface area contributed by atoms with E-state index in [1.165, 1.54) is 11.7 Å². The maximum absolute atomic E-state index is 12.7. The Morgan fingerprint density at radius 1 is 1.09 bits per heavy atom. The summed E-state index contributed by atoms with van der Waals surface area (Å²) in [6.45, 7) is -0.369. The Morgan fingerprint density at radius 2 is 1.94 bits per heavy atom. The van der Waals surface area contributed by atoms with Crippen molar-refractivity contribution in [2.24, 2.45) is 0 Å². The molecule has 34 heavy (non-hydrogen) atoms. The van der Waals surface area contributed by atoms with Crippen LogP contribution in [0.3, 0.4) is 0 Å². The van der Waals surface area contributed by atoms with Gasteiger partial charge >= 0.3 is 6.03 Å². The van der Waals surface area contributed by atoms with E-state index in [2.05, 4.69) is 10.3 Å². The molecule has 176 valence electrons. The second kappa shape index (κ2) is 10.3. The van der Waals surface area contributed by atoms with E-state index in [0.717, 1.165) is 5.39 Å². The molecule has 0 aliphatic rings. The fraction of sp³-hybridized carbons (Fsp3) is 0.240. The summed E-state index contributed by atoms with van der Waals surface area (Å²) in [5, 5.41) is 3.94. The second-order valence-corrected chi connectivity index (χ2v) is 7.47. The van der Waals surface area contributed by atoms with Gasteiger partial charge < -0.3 is 19.5 Å². The number of carbonyl (C=O) groups is 2. The Hall–Kier alpha value is -3.98. The van der Waals surface area contributed by atoms with Crippen LogP contribution in [0.5, 0.6) is 17.2 Å². The van der Waals surface area contributed by atoms with Gasteiger partial charge in [-0.1, -0.05) is 0 Å². The Labute approximate surface area is 195 Å². The lowest BCUT2D eigenvalue weighted by Crippen LogP contribution is -2.29. The predicted octanol–water partition coefficient (Wildman–Crippen LogP) is 4.74. The number of ether oxygens (including phenoxy) is 3. The maximum atomic E-state index is 12.7. The zero-order valence-electron chi connectivity index (χ0n) is 18.8. The Kier molecular flexibility index (Phi) is 7.03. The second-order valence-electron chi connectivity index (χ2n) is 7.47. The molecule has 2 aromatic heterocycles. The maximum Gasteiger partial charge on any atom is 0.326 e. The van der Waals surface area contributed by atoms with Crippen LogP contribution in [0.1, 0.15) is 16.8 Å². The third kappa shape index (κ3) is 4.69. The summed E-state index contributed by atoms with van der Waals surface area (Å²) in [6, 6.07) is 11.8. The Morgan fingerprint density at radius 3 is 2.71 bits per heavy atom. The van der Waals surface area contributed by atoms with Crippen LogP contribution in [0.4, 0.5) is 9.18 Å². The van der Waals surface area contributed by atoms with Crippen molar-refractivity contribution in [3.63, 3.8) is 0 Å². The summed E-state index contributed by atoms with van der Waals surface area (Å²) >= 11 is 0. The number of Topliss-reactive ketones (excluding diaryl/α,β-unsaturated/α-hetero) is 1. The number of halogens is 1. The molecule has 0 fully saturated rings. The van der Waals surface area contributed by atoms with E-state index in [4.69, 9.17) is 14.2 Å². The quantitative estimate of drug-likeness (QED) is 0.359. The first-order chi connectivity index (χ1) is 16.5. The van der Waals surface area contributed by atoms with Crippen molar-refractivity contribution in [3.8, 4) is 17.2 Å².